The van der Waals surface area contributed by atoms with E-state index in [4.69, 9.17) is 9.36 Å². The van der Waals surface area contributed by atoms with E-state index in [9.17, 15) is 14.4 Å². The summed E-state index contributed by atoms with van der Waals surface area (Å²) in [5.41, 5.74) is 2.16. The Morgan fingerprint density at radius 3 is 2.26 bits per heavy atom. The van der Waals surface area contributed by atoms with Crippen molar-refractivity contribution in [2.75, 3.05) is 0 Å². The second-order valence-corrected chi connectivity index (χ2v) is 5.96. The topological polar surface area (TPSA) is 89.7 Å². The summed E-state index contributed by atoms with van der Waals surface area (Å²) < 4.78 is 5.19. The van der Waals surface area contributed by atoms with Crippen molar-refractivity contribution in [2.45, 2.75) is 13.3 Å². The van der Waals surface area contributed by atoms with Crippen LogP contribution in [0.3, 0.4) is 0 Å². The Hall–Kier alpha value is -3.74. The minimum absolute atomic E-state index is 0.138. The maximum absolute atomic E-state index is 12.3. The third-order valence-corrected chi connectivity index (χ3v) is 4.30. The molecular formula is C20H14N2O5. The fourth-order valence-corrected chi connectivity index (χ4v) is 2.79. The van der Waals surface area contributed by atoms with Crippen molar-refractivity contribution >= 4 is 17.8 Å². The molecule has 1 aromatic heterocycles. The van der Waals surface area contributed by atoms with Crippen molar-refractivity contribution in [3.05, 3.63) is 77.0 Å². The minimum Gasteiger partial charge on any atom is -0.355 e. The zero-order valence-corrected chi connectivity index (χ0v) is 14.3. The van der Waals surface area contributed by atoms with Gasteiger partial charge in [0.05, 0.1) is 11.1 Å². The fraction of sp³-hybridized carbons (Fsp3) is 0.100. The molecule has 1 aliphatic rings. The van der Waals surface area contributed by atoms with Crippen LogP contribution in [0.15, 0.2) is 59.1 Å². The lowest BCUT2D eigenvalue weighted by atomic mass is 10.1. The molecule has 2 amide bonds. The average Bonchev–Trinajstić information content (AvgIpc) is 3.29. The highest BCUT2D eigenvalue weighted by Gasteiger charge is 2.39. The number of benzene rings is 2. The van der Waals surface area contributed by atoms with Gasteiger partial charge in [-0.05, 0) is 24.1 Å². The normalized spacial score (nSPS) is 13.0. The number of aryl methyl sites for hydroxylation is 1. The number of aromatic nitrogens is 1. The van der Waals surface area contributed by atoms with Crippen LogP contribution in [-0.2, 0) is 11.3 Å². The van der Waals surface area contributed by atoms with Gasteiger partial charge in [-0.25, -0.2) is 4.79 Å². The number of hydroxylamine groups is 2. The van der Waals surface area contributed by atoms with Crippen molar-refractivity contribution in [1.29, 1.82) is 0 Å². The van der Waals surface area contributed by atoms with Gasteiger partial charge in [-0.3, -0.25) is 9.59 Å². The number of nitrogens with zero attached hydrogens (tertiary/aromatic N) is 2. The zero-order chi connectivity index (χ0) is 19.0. The van der Waals surface area contributed by atoms with Gasteiger partial charge in [0.15, 0.2) is 11.5 Å². The van der Waals surface area contributed by atoms with Crippen LogP contribution in [0, 0.1) is 0 Å². The molecule has 1 aliphatic heterocycles. The van der Waals surface area contributed by atoms with Gasteiger partial charge >= 0.3 is 5.97 Å². The Kier molecular flexibility index (Phi) is 4.04. The Morgan fingerprint density at radius 2 is 1.67 bits per heavy atom. The van der Waals surface area contributed by atoms with Crippen molar-refractivity contribution < 1.29 is 23.7 Å². The average molecular weight is 362 g/mol. The van der Waals surface area contributed by atoms with E-state index in [1.54, 1.807) is 12.1 Å². The van der Waals surface area contributed by atoms with E-state index in [0.717, 1.165) is 12.0 Å². The van der Waals surface area contributed by atoms with Crippen molar-refractivity contribution in [3.63, 3.8) is 0 Å². The first-order valence-electron chi connectivity index (χ1n) is 8.34. The van der Waals surface area contributed by atoms with Crippen molar-refractivity contribution in [3.8, 4) is 11.3 Å². The summed E-state index contributed by atoms with van der Waals surface area (Å²) >= 11 is 0. The summed E-state index contributed by atoms with van der Waals surface area (Å²) in [6.45, 7) is 2.05. The number of amides is 2. The lowest BCUT2D eigenvalue weighted by Gasteiger charge is -2.10. The highest BCUT2D eigenvalue weighted by molar-refractivity contribution is 6.21. The molecule has 0 atom stereocenters. The number of carbonyl (C=O) groups is 3. The highest BCUT2D eigenvalue weighted by atomic mass is 16.7. The van der Waals surface area contributed by atoms with Gasteiger partial charge in [-0.2, -0.15) is 0 Å². The number of imide groups is 1. The number of carbonyl (C=O) groups excluding carboxylic acids is 3. The van der Waals surface area contributed by atoms with Crippen LogP contribution in [0.1, 0.15) is 43.7 Å². The van der Waals surface area contributed by atoms with Gasteiger partial charge in [-0.15, -0.1) is 0 Å². The first kappa shape index (κ1) is 16.7. The number of hydrogen-bond donors (Lipinski definition) is 0. The Balaban J connectivity index is 1.52. The standard InChI is InChI=1S/C20H14N2O5/c1-2-12-7-9-13(10-8-12)17-11-16(21-26-17)20(25)27-22-18(23)14-5-3-4-6-15(14)19(22)24/h3-11H,2H2,1H3. The van der Waals surface area contributed by atoms with Crippen LogP contribution in [0.5, 0.6) is 0 Å². The van der Waals surface area contributed by atoms with Gasteiger partial charge in [0.2, 0.25) is 0 Å². The Labute approximate surface area is 154 Å². The van der Waals surface area contributed by atoms with Crippen LogP contribution in [0.4, 0.5) is 0 Å². The van der Waals surface area contributed by atoms with Crippen LogP contribution >= 0.6 is 0 Å². The van der Waals surface area contributed by atoms with Crippen LogP contribution in [0.2, 0.25) is 0 Å². The summed E-state index contributed by atoms with van der Waals surface area (Å²) in [5, 5.41) is 4.12. The van der Waals surface area contributed by atoms with Crippen molar-refractivity contribution in [1.82, 2.24) is 10.2 Å². The number of rotatable bonds is 4. The van der Waals surface area contributed by atoms with Gasteiger partial charge < -0.3 is 9.36 Å². The maximum Gasteiger partial charge on any atom is 0.385 e. The molecule has 0 saturated heterocycles. The van der Waals surface area contributed by atoms with Crippen LogP contribution < -0.4 is 0 Å². The second kappa shape index (κ2) is 6.53. The molecular weight excluding hydrogens is 348 g/mol. The van der Waals surface area contributed by atoms with Gasteiger partial charge in [0.1, 0.15) is 0 Å². The summed E-state index contributed by atoms with van der Waals surface area (Å²) in [5.74, 6) is -1.96. The highest BCUT2D eigenvalue weighted by Crippen LogP contribution is 2.25. The van der Waals surface area contributed by atoms with E-state index in [0.29, 0.717) is 10.8 Å². The molecule has 0 saturated carbocycles. The predicted octanol–water partition coefficient (Wildman–Crippen LogP) is 3.27. The summed E-state index contributed by atoms with van der Waals surface area (Å²) in [4.78, 5) is 41.8. The molecule has 2 aromatic carbocycles. The molecule has 0 fully saturated rings. The molecule has 0 radical (unpaired) electrons. The molecule has 7 heteroatoms. The predicted molar refractivity (Wildman–Crippen MR) is 93.7 cm³/mol. The van der Waals surface area contributed by atoms with E-state index < -0.39 is 17.8 Å². The molecule has 0 aliphatic carbocycles. The second-order valence-electron chi connectivity index (χ2n) is 5.96. The van der Waals surface area contributed by atoms with E-state index in [1.807, 2.05) is 24.3 Å². The monoisotopic (exact) mass is 362 g/mol. The van der Waals surface area contributed by atoms with E-state index in [-0.39, 0.29) is 16.8 Å². The van der Waals surface area contributed by atoms with Crippen LogP contribution in [-0.4, -0.2) is 28.0 Å². The minimum atomic E-state index is -0.954. The zero-order valence-electron chi connectivity index (χ0n) is 14.3. The first-order chi connectivity index (χ1) is 13.1. The molecule has 0 bridgehead atoms. The largest absolute Gasteiger partial charge is 0.385 e. The first-order valence-corrected chi connectivity index (χ1v) is 8.34. The number of fused-ring (bicyclic) bond motifs is 1. The molecule has 7 nitrogen and oxygen atoms in total. The maximum atomic E-state index is 12.3. The van der Waals surface area contributed by atoms with Gasteiger partial charge in [-0.1, -0.05) is 53.5 Å². The Morgan fingerprint density at radius 1 is 1.04 bits per heavy atom. The van der Waals surface area contributed by atoms with E-state index >= 15 is 0 Å². The molecule has 134 valence electrons. The molecule has 4 rings (SSSR count). The van der Waals surface area contributed by atoms with Gasteiger partial charge in [0, 0.05) is 11.6 Å². The molecule has 0 spiro atoms. The lowest BCUT2D eigenvalue weighted by molar-refractivity contribution is -0.0590. The summed E-state index contributed by atoms with van der Waals surface area (Å²) in [7, 11) is 0. The SMILES string of the molecule is CCc1ccc(-c2cc(C(=O)ON3C(=O)c4ccccc4C3=O)no2)cc1. The smallest absolute Gasteiger partial charge is 0.355 e. The van der Waals surface area contributed by atoms with E-state index in [2.05, 4.69) is 12.1 Å². The van der Waals surface area contributed by atoms with Crippen LogP contribution in [0.25, 0.3) is 11.3 Å². The number of hydrogen-bond acceptors (Lipinski definition) is 6. The molecule has 2 heterocycles. The fourth-order valence-electron chi connectivity index (χ4n) is 2.79. The molecule has 3 aromatic rings. The molecule has 0 unspecified atom stereocenters. The molecule has 0 N–H and O–H groups in total. The summed E-state index contributed by atoms with van der Waals surface area (Å²) in [6, 6.07) is 15.3. The summed E-state index contributed by atoms with van der Waals surface area (Å²) in [6.07, 6.45) is 0.911. The quantitative estimate of drug-likeness (QED) is 0.662. The van der Waals surface area contributed by atoms with Gasteiger partial charge in [0.25, 0.3) is 11.8 Å². The third-order valence-electron chi connectivity index (χ3n) is 4.30. The van der Waals surface area contributed by atoms with Crippen molar-refractivity contribution in [2.24, 2.45) is 0 Å². The lowest BCUT2D eigenvalue weighted by Crippen LogP contribution is -2.32. The Bertz CT molecular complexity index is 1020. The molecule has 27 heavy (non-hydrogen) atoms. The van der Waals surface area contributed by atoms with E-state index in [1.165, 1.54) is 23.8 Å². The third kappa shape index (κ3) is 2.89.